The minimum absolute atomic E-state index is 0.162. The van der Waals surface area contributed by atoms with E-state index < -0.39 is 0 Å². The number of aromatic nitrogens is 2. The van der Waals surface area contributed by atoms with E-state index in [0.717, 1.165) is 10.9 Å². The van der Waals surface area contributed by atoms with Crippen molar-refractivity contribution >= 4 is 10.9 Å². The van der Waals surface area contributed by atoms with Gasteiger partial charge < -0.3 is 9.47 Å². The van der Waals surface area contributed by atoms with Crippen LogP contribution < -0.4 is 0 Å². The normalized spacial score (nSPS) is 20.1. The highest BCUT2D eigenvalue weighted by atomic mass is 16.7. The van der Waals surface area contributed by atoms with Gasteiger partial charge >= 0.3 is 0 Å². The molecule has 1 aromatic heterocycles. The summed E-state index contributed by atoms with van der Waals surface area (Å²) < 4.78 is 12.3. The Kier molecular flexibility index (Phi) is 2.10. The van der Waals surface area contributed by atoms with Gasteiger partial charge in [-0.1, -0.05) is 0 Å². The highest BCUT2D eigenvalue weighted by molar-refractivity contribution is 5.80. The third-order valence-electron chi connectivity index (χ3n) is 2.60. The fourth-order valence-corrected chi connectivity index (χ4v) is 1.82. The van der Waals surface area contributed by atoms with E-state index in [4.69, 9.17) is 14.7 Å². The van der Waals surface area contributed by atoms with Gasteiger partial charge in [-0.15, -0.1) is 0 Å². The summed E-state index contributed by atoms with van der Waals surface area (Å²) in [4.78, 5) is 0. The number of benzene rings is 1. The third-order valence-corrected chi connectivity index (χ3v) is 2.60. The molecule has 1 aromatic carbocycles. The van der Waals surface area contributed by atoms with E-state index in [0.29, 0.717) is 19.0 Å². The number of rotatable bonds is 1. The minimum atomic E-state index is -0.162. The van der Waals surface area contributed by atoms with Gasteiger partial charge in [0.2, 0.25) is 0 Å². The Balaban J connectivity index is 2.10. The fourth-order valence-electron chi connectivity index (χ4n) is 1.82. The number of hydrogen-bond acceptors (Lipinski definition) is 4. The topological polar surface area (TPSA) is 60.1 Å². The molecule has 3 rings (SSSR count). The van der Waals surface area contributed by atoms with E-state index in [2.05, 4.69) is 11.2 Å². The zero-order valence-corrected chi connectivity index (χ0v) is 8.46. The molecule has 1 saturated heterocycles. The first kappa shape index (κ1) is 9.33. The van der Waals surface area contributed by atoms with Crippen molar-refractivity contribution in [2.45, 2.75) is 6.23 Å². The molecule has 0 aliphatic carbocycles. The standard InChI is InChI=1S/C11H9N3O2/c12-4-8-1-2-10-9(3-8)5-13-14(10)11-6-15-7-16-11/h1-3,5,11H,6-7H2. The molecule has 5 heteroatoms. The van der Waals surface area contributed by atoms with E-state index in [1.165, 1.54) is 0 Å². The lowest BCUT2D eigenvalue weighted by Crippen LogP contribution is -2.11. The lowest BCUT2D eigenvalue weighted by Gasteiger charge is -2.08. The molecule has 1 aliphatic heterocycles. The van der Waals surface area contributed by atoms with Crippen molar-refractivity contribution in [2.24, 2.45) is 0 Å². The van der Waals surface area contributed by atoms with Crippen LogP contribution in [-0.2, 0) is 9.47 Å². The molecule has 2 aromatic rings. The van der Waals surface area contributed by atoms with Crippen LogP contribution in [0.25, 0.3) is 10.9 Å². The number of nitriles is 1. The molecule has 1 unspecified atom stereocenters. The second kappa shape index (κ2) is 3.59. The van der Waals surface area contributed by atoms with Gasteiger partial charge in [-0.25, -0.2) is 4.68 Å². The van der Waals surface area contributed by atoms with Crippen molar-refractivity contribution in [3.8, 4) is 6.07 Å². The van der Waals surface area contributed by atoms with E-state index in [9.17, 15) is 0 Å². The van der Waals surface area contributed by atoms with Crippen LogP contribution in [0.4, 0.5) is 0 Å². The molecule has 1 atom stereocenters. The maximum absolute atomic E-state index is 8.79. The van der Waals surface area contributed by atoms with Crippen LogP contribution in [0.2, 0.25) is 0 Å². The lowest BCUT2D eigenvalue weighted by atomic mass is 10.2. The van der Waals surface area contributed by atoms with Crippen molar-refractivity contribution in [3.05, 3.63) is 30.0 Å². The Morgan fingerprint density at radius 1 is 1.50 bits per heavy atom. The van der Waals surface area contributed by atoms with Crippen LogP contribution in [-0.4, -0.2) is 23.2 Å². The molecule has 80 valence electrons. The summed E-state index contributed by atoms with van der Waals surface area (Å²) in [6.07, 6.45) is 1.57. The zero-order valence-electron chi connectivity index (χ0n) is 8.46. The molecular weight excluding hydrogens is 206 g/mol. The molecule has 0 spiro atoms. The maximum atomic E-state index is 8.79. The van der Waals surface area contributed by atoms with Gasteiger partial charge in [0.15, 0.2) is 6.23 Å². The van der Waals surface area contributed by atoms with Gasteiger partial charge in [0.05, 0.1) is 30.0 Å². The fraction of sp³-hybridized carbons (Fsp3) is 0.273. The third kappa shape index (κ3) is 1.36. The summed E-state index contributed by atoms with van der Waals surface area (Å²) in [6.45, 7) is 0.819. The van der Waals surface area contributed by atoms with Crippen molar-refractivity contribution in [3.63, 3.8) is 0 Å². The van der Waals surface area contributed by atoms with E-state index in [1.54, 1.807) is 16.9 Å². The largest absolute Gasteiger partial charge is 0.351 e. The van der Waals surface area contributed by atoms with Gasteiger partial charge in [-0.3, -0.25) is 0 Å². The van der Waals surface area contributed by atoms with E-state index in [1.807, 2.05) is 12.1 Å². The molecule has 0 bridgehead atoms. The van der Waals surface area contributed by atoms with Gasteiger partial charge in [0.1, 0.15) is 6.79 Å². The summed E-state index contributed by atoms with van der Waals surface area (Å²) in [7, 11) is 0. The predicted octanol–water partition coefficient (Wildman–Crippen LogP) is 1.41. The van der Waals surface area contributed by atoms with Gasteiger partial charge in [-0.2, -0.15) is 10.4 Å². The molecule has 16 heavy (non-hydrogen) atoms. The first-order chi connectivity index (χ1) is 7.88. The SMILES string of the molecule is N#Cc1ccc2c(cnn2C2COCO2)c1. The molecule has 0 N–H and O–H groups in total. The summed E-state index contributed by atoms with van der Waals surface area (Å²) in [5, 5.41) is 14.0. The molecule has 0 amide bonds. The zero-order chi connectivity index (χ0) is 11.0. The Bertz CT molecular complexity index is 564. The Morgan fingerprint density at radius 2 is 2.44 bits per heavy atom. The smallest absolute Gasteiger partial charge is 0.176 e. The number of nitrogens with zero attached hydrogens (tertiary/aromatic N) is 3. The molecular formula is C11H9N3O2. The molecule has 1 aliphatic rings. The quantitative estimate of drug-likeness (QED) is 0.721. The van der Waals surface area contributed by atoms with Crippen molar-refractivity contribution in [1.82, 2.24) is 9.78 Å². The van der Waals surface area contributed by atoms with Crippen LogP contribution in [0, 0.1) is 11.3 Å². The Labute approximate surface area is 91.8 Å². The molecule has 2 heterocycles. The van der Waals surface area contributed by atoms with E-state index in [-0.39, 0.29) is 6.23 Å². The lowest BCUT2D eigenvalue weighted by molar-refractivity contribution is 0.0203. The monoisotopic (exact) mass is 215 g/mol. The van der Waals surface area contributed by atoms with Crippen LogP contribution in [0.1, 0.15) is 11.8 Å². The number of hydrogen-bond donors (Lipinski definition) is 0. The van der Waals surface area contributed by atoms with Gasteiger partial charge in [-0.05, 0) is 18.2 Å². The Morgan fingerprint density at radius 3 is 3.19 bits per heavy atom. The highest BCUT2D eigenvalue weighted by Crippen LogP contribution is 2.22. The first-order valence-corrected chi connectivity index (χ1v) is 4.95. The molecule has 5 nitrogen and oxygen atoms in total. The van der Waals surface area contributed by atoms with Crippen molar-refractivity contribution < 1.29 is 9.47 Å². The highest BCUT2D eigenvalue weighted by Gasteiger charge is 2.20. The maximum Gasteiger partial charge on any atom is 0.176 e. The Hall–Kier alpha value is -1.90. The van der Waals surface area contributed by atoms with Crippen LogP contribution >= 0.6 is 0 Å². The predicted molar refractivity (Wildman–Crippen MR) is 55.4 cm³/mol. The van der Waals surface area contributed by atoms with E-state index >= 15 is 0 Å². The number of fused-ring (bicyclic) bond motifs is 1. The van der Waals surface area contributed by atoms with Gasteiger partial charge in [0, 0.05) is 5.39 Å². The average Bonchev–Trinajstić information content (AvgIpc) is 2.96. The summed E-state index contributed by atoms with van der Waals surface area (Å²) >= 11 is 0. The second-order valence-electron chi connectivity index (χ2n) is 3.58. The van der Waals surface area contributed by atoms with Crippen molar-refractivity contribution in [2.75, 3.05) is 13.4 Å². The average molecular weight is 215 g/mol. The second-order valence-corrected chi connectivity index (χ2v) is 3.58. The van der Waals surface area contributed by atoms with Crippen LogP contribution in [0.5, 0.6) is 0 Å². The molecule has 0 saturated carbocycles. The summed E-state index contributed by atoms with van der Waals surface area (Å²) in [5.41, 5.74) is 1.59. The molecule has 0 radical (unpaired) electrons. The summed E-state index contributed by atoms with van der Waals surface area (Å²) in [5.74, 6) is 0. The number of ether oxygens (including phenoxy) is 2. The minimum Gasteiger partial charge on any atom is -0.351 e. The van der Waals surface area contributed by atoms with Crippen LogP contribution in [0.15, 0.2) is 24.4 Å². The molecule has 1 fully saturated rings. The van der Waals surface area contributed by atoms with Crippen LogP contribution in [0.3, 0.4) is 0 Å². The van der Waals surface area contributed by atoms with Gasteiger partial charge in [0.25, 0.3) is 0 Å². The van der Waals surface area contributed by atoms with Crippen molar-refractivity contribution in [1.29, 1.82) is 5.26 Å². The first-order valence-electron chi connectivity index (χ1n) is 4.95. The summed E-state index contributed by atoms with van der Waals surface area (Å²) in [6, 6.07) is 7.57.